The largest absolute Gasteiger partial charge is 0.490 e. The molecule has 3 N–H and O–H groups in total. The lowest BCUT2D eigenvalue weighted by Crippen LogP contribution is -2.35. The maximum Gasteiger partial charge on any atom is 0.293 e. The van der Waals surface area contributed by atoms with E-state index in [0.29, 0.717) is 29.6 Å². The van der Waals surface area contributed by atoms with Crippen molar-refractivity contribution in [3.05, 3.63) is 77.4 Å². The summed E-state index contributed by atoms with van der Waals surface area (Å²) in [5, 5.41) is 19.9. The molecule has 210 valence electrons. The number of aliphatic hydroxyl groups excluding tert-OH is 1. The van der Waals surface area contributed by atoms with E-state index < -0.39 is 5.91 Å². The van der Waals surface area contributed by atoms with E-state index in [1.165, 1.54) is 10.8 Å². The minimum Gasteiger partial charge on any atom is -0.490 e. The van der Waals surface area contributed by atoms with Crippen molar-refractivity contribution in [2.24, 2.45) is 4.99 Å². The Bertz CT molecular complexity index is 1120. The first-order chi connectivity index (χ1) is 19.0. The van der Waals surface area contributed by atoms with Gasteiger partial charge in [0.1, 0.15) is 36.1 Å². The van der Waals surface area contributed by atoms with Gasteiger partial charge in [0, 0.05) is 24.9 Å². The SMILES string of the molecule is C#CO.C=O.CC.CN1CCC(Oc2ccccc2)CC1.Cc1cnn(CC2=C=CC=CC=N2)c1C(=O)NO. The number of aryl methyl sites for hydroxylation is 1. The molecule has 39 heavy (non-hydrogen) atoms. The molecule has 1 aromatic heterocycles. The van der Waals surface area contributed by atoms with Crippen LogP contribution in [0.25, 0.3) is 0 Å². The number of aliphatic hydroxyl groups is 1. The van der Waals surface area contributed by atoms with Crippen molar-refractivity contribution in [1.29, 1.82) is 0 Å². The molecular weight excluding hydrogens is 498 g/mol. The van der Waals surface area contributed by atoms with E-state index in [0.717, 1.165) is 31.7 Å². The molecule has 0 atom stereocenters. The molecule has 0 aliphatic carbocycles. The Hall–Kier alpha value is -4.42. The molecule has 2 aliphatic heterocycles. The first kappa shape index (κ1) is 34.6. The average molecular weight is 538 g/mol. The highest BCUT2D eigenvalue weighted by molar-refractivity contribution is 5.93. The molecule has 2 aliphatic rings. The number of hydroxylamine groups is 1. The smallest absolute Gasteiger partial charge is 0.293 e. The van der Waals surface area contributed by atoms with Gasteiger partial charge >= 0.3 is 0 Å². The molecule has 1 aromatic carbocycles. The third-order valence-corrected chi connectivity index (χ3v) is 5.12. The van der Waals surface area contributed by atoms with E-state index in [9.17, 15) is 4.79 Å². The van der Waals surface area contributed by atoms with Crippen LogP contribution in [-0.4, -0.2) is 70.1 Å². The Balaban J connectivity index is 0.000000613. The Kier molecular flexibility index (Phi) is 19.2. The second-order valence-electron chi connectivity index (χ2n) is 7.76. The van der Waals surface area contributed by atoms with Gasteiger partial charge in [-0.25, -0.2) is 5.48 Å². The van der Waals surface area contributed by atoms with Crippen molar-refractivity contribution >= 4 is 18.9 Å². The summed E-state index contributed by atoms with van der Waals surface area (Å²) in [4.78, 5) is 26.0. The van der Waals surface area contributed by atoms with Gasteiger partial charge in [-0.1, -0.05) is 50.3 Å². The van der Waals surface area contributed by atoms with Crippen molar-refractivity contribution in [3.8, 4) is 18.3 Å². The number of terminal acetylenes is 1. The Morgan fingerprint density at radius 2 is 1.85 bits per heavy atom. The number of hydrogen-bond donors (Lipinski definition) is 3. The molecule has 4 rings (SSSR count). The normalized spacial score (nSPS) is 13.6. The lowest BCUT2D eigenvalue weighted by molar-refractivity contribution is -0.0980. The van der Waals surface area contributed by atoms with Gasteiger partial charge in [-0.2, -0.15) is 5.10 Å². The number of nitrogens with one attached hydrogen (secondary N) is 1. The predicted octanol–water partition coefficient (Wildman–Crippen LogP) is 3.94. The standard InChI is InChI=1S/C12H12N4O2.C12H17NO.C2H2O.C2H6.CH2O/c1-9-7-14-16(11(9)12(17)15-18)8-10-5-3-2-4-6-13-10;1-13-9-7-12(8-10-13)14-11-5-3-2-4-6-11;1-2-3;2*1-2/h2-4,6-7,18H,8H2,1H3,(H,15,17);2-6,12H,7-10H2,1H3;1,3H;1-2H3;1H2. The van der Waals surface area contributed by atoms with Crippen LogP contribution < -0.4 is 10.2 Å². The first-order valence-electron chi connectivity index (χ1n) is 12.4. The van der Waals surface area contributed by atoms with Crippen LogP contribution in [-0.2, 0) is 11.3 Å². The summed E-state index contributed by atoms with van der Waals surface area (Å²) >= 11 is 0. The molecule has 0 radical (unpaired) electrons. The Labute approximate surface area is 231 Å². The number of aliphatic imine (C=N–C) groups is 1. The van der Waals surface area contributed by atoms with E-state index in [-0.39, 0.29) is 0 Å². The van der Waals surface area contributed by atoms with Crippen molar-refractivity contribution in [1.82, 2.24) is 20.2 Å². The number of carbonyl (C=O) groups is 2. The van der Waals surface area contributed by atoms with Crippen LogP contribution in [0, 0.1) is 19.5 Å². The van der Waals surface area contributed by atoms with Crippen LogP contribution in [0.15, 0.2) is 71.2 Å². The number of benzene rings is 1. The molecule has 10 heteroatoms. The quantitative estimate of drug-likeness (QED) is 0.228. The molecule has 0 bridgehead atoms. The summed E-state index contributed by atoms with van der Waals surface area (Å²) in [5.74, 6) is 0.410. The number of carbonyl (C=O) groups excluding carboxylic acids is 2. The first-order valence-corrected chi connectivity index (χ1v) is 12.4. The fourth-order valence-corrected chi connectivity index (χ4v) is 3.39. The van der Waals surface area contributed by atoms with Gasteiger partial charge in [0.2, 0.25) is 0 Å². The zero-order chi connectivity index (χ0) is 29.5. The van der Waals surface area contributed by atoms with Crippen LogP contribution in [0.2, 0.25) is 0 Å². The Morgan fingerprint density at radius 1 is 1.23 bits per heavy atom. The summed E-state index contributed by atoms with van der Waals surface area (Å²) in [6, 6.07) is 10.1. The van der Waals surface area contributed by atoms with Crippen LogP contribution in [0.5, 0.6) is 5.75 Å². The lowest BCUT2D eigenvalue weighted by atomic mass is 10.1. The number of allylic oxidation sites excluding steroid dienone is 3. The molecule has 0 unspecified atom stereocenters. The molecule has 2 aromatic rings. The van der Waals surface area contributed by atoms with Gasteiger partial charge in [-0.05, 0) is 51.1 Å². The third-order valence-electron chi connectivity index (χ3n) is 5.12. The van der Waals surface area contributed by atoms with Crippen LogP contribution >= 0.6 is 0 Å². The van der Waals surface area contributed by atoms with Gasteiger partial charge in [0.05, 0.1) is 12.7 Å². The summed E-state index contributed by atoms with van der Waals surface area (Å²) in [5.41, 5.74) is 6.22. The van der Waals surface area contributed by atoms with Gasteiger partial charge in [0.25, 0.3) is 5.91 Å². The second-order valence-corrected chi connectivity index (χ2v) is 7.76. The number of piperidine rings is 1. The van der Waals surface area contributed by atoms with Crippen molar-refractivity contribution in [2.75, 3.05) is 20.1 Å². The van der Waals surface area contributed by atoms with Crippen LogP contribution in [0.1, 0.15) is 42.7 Å². The van der Waals surface area contributed by atoms with E-state index in [1.54, 1.807) is 37.0 Å². The van der Waals surface area contributed by atoms with Crippen molar-refractivity contribution in [2.45, 2.75) is 46.3 Å². The average Bonchev–Trinajstić information content (AvgIpc) is 3.15. The molecule has 1 amide bonds. The zero-order valence-corrected chi connectivity index (χ0v) is 23.1. The van der Waals surface area contributed by atoms with Crippen LogP contribution in [0.4, 0.5) is 0 Å². The van der Waals surface area contributed by atoms with Gasteiger partial charge in [-0.3, -0.25) is 19.7 Å². The van der Waals surface area contributed by atoms with E-state index in [4.69, 9.17) is 19.8 Å². The molecule has 1 fully saturated rings. The molecule has 3 heterocycles. The Morgan fingerprint density at radius 3 is 2.44 bits per heavy atom. The number of amides is 1. The third kappa shape index (κ3) is 13.6. The summed E-state index contributed by atoms with van der Waals surface area (Å²) < 4.78 is 7.35. The highest BCUT2D eigenvalue weighted by Gasteiger charge is 2.18. The number of likely N-dealkylation sites (tertiary alicyclic amines) is 1. The second kappa shape index (κ2) is 21.6. The van der Waals surface area contributed by atoms with Crippen molar-refractivity contribution in [3.63, 3.8) is 0 Å². The molecule has 0 saturated carbocycles. The number of para-hydroxylation sites is 1. The van der Waals surface area contributed by atoms with Gasteiger partial charge in [-0.15, -0.1) is 0 Å². The zero-order valence-electron chi connectivity index (χ0n) is 23.1. The summed E-state index contributed by atoms with van der Waals surface area (Å²) in [6.45, 7) is 10.4. The fourth-order valence-electron chi connectivity index (χ4n) is 3.39. The molecule has 1 saturated heterocycles. The maximum atomic E-state index is 11.5. The minimum atomic E-state index is -0.592. The molecular formula is C29H39N5O5. The van der Waals surface area contributed by atoms with Gasteiger partial charge < -0.3 is 19.5 Å². The van der Waals surface area contributed by atoms with E-state index >= 15 is 0 Å². The topological polar surface area (TPSA) is 129 Å². The molecule has 10 nitrogen and oxygen atoms in total. The number of nitrogens with zero attached hydrogens (tertiary/aromatic N) is 4. The highest BCUT2D eigenvalue weighted by Crippen LogP contribution is 2.17. The number of aromatic nitrogens is 2. The van der Waals surface area contributed by atoms with E-state index in [2.05, 4.69) is 34.2 Å². The van der Waals surface area contributed by atoms with Gasteiger partial charge in [0.15, 0.2) is 0 Å². The fraction of sp³-hybridized carbons (Fsp3) is 0.345. The van der Waals surface area contributed by atoms with Crippen molar-refractivity contribution < 1.29 is 24.6 Å². The lowest BCUT2D eigenvalue weighted by Gasteiger charge is -2.29. The highest BCUT2D eigenvalue weighted by atomic mass is 16.5. The molecule has 0 spiro atoms. The maximum absolute atomic E-state index is 11.5. The minimum absolute atomic E-state index is 0.305. The van der Waals surface area contributed by atoms with Crippen LogP contribution in [0.3, 0.4) is 0 Å². The summed E-state index contributed by atoms with van der Waals surface area (Å²) in [7, 11) is 2.17. The monoisotopic (exact) mass is 537 g/mol. The summed E-state index contributed by atoms with van der Waals surface area (Å²) in [6.07, 6.45) is 16.7. The van der Waals surface area contributed by atoms with E-state index in [1.807, 2.05) is 57.0 Å². The number of ether oxygens (including phenoxy) is 1. The number of rotatable bonds is 5. The predicted molar refractivity (Wildman–Crippen MR) is 152 cm³/mol. The number of hydrogen-bond acceptors (Lipinski definition) is 8.